The minimum Gasteiger partial charge on any atom is -0.366 e. The number of aldehydes is 1. The van der Waals surface area contributed by atoms with Crippen molar-refractivity contribution in [3.05, 3.63) is 35.9 Å². The van der Waals surface area contributed by atoms with Crippen molar-refractivity contribution in [2.45, 2.75) is 25.4 Å². The first-order chi connectivity index (χ1) is 8.30. The van der Waals surface area contributed by atoms with E-state index >= 15 is 0 Å². The van der Waals surface area contributed by atoms with Crippen LogP contribution in [-0.4, -0.2) is 32.9 Å². The zero-order valence-corrected chi connectivity index (χ0v) is 10.2. The zero-order chi connectivity index (χ0) is 12.5. The Balaban J connectivity index is 2.39. The van der Waals surface area contributed by atoms with E-state index in [2.05, 4.69) is 0 Å². The third kappa shape index (κ3) is 5.08. The number of hydrogen-bond acceptors (Lipinski definition) is 4. The first-order valence-electron chi connectivity index (χ1n) is 5.46. The highest BCUT2D eigenvalue weighted by Crippen LogP contribution is 2.08. The van der Waals surface area contributed by atoms with Gasteiger partial charge in [0.1, 0.15) is 12.4 Å². The number of benzene rings is 1. The summed E-state index contributed by atoms with van der Waals surface area (Å²) in [4.78, 5) is 10.9. The van der Waals surface area contributed by atoms with Crippen LogP contribution in [0.2, 0.25) is 0 Å². The van der Waals surface area contributed by atoms with Crippen molar-refractivity contribution in [2.75, 3.05) is 14.2 Å². The largest absolute Gasteiger partial charge is 0.366 e. The highest BCUT2D eigenvalue weighted by atomic mass is 16.7. The maximum Gasteiger partial charge on any atom is 0.159 e. The van der Waals surface area contributed by atoms with Crippen molar-refractivity contribution in [2.24, 2.45) is 0 Å². The molecule has 17 heavy (non-hydrogen) atoms. The van der Waals surface area contributed by atoms with Gasteiger partial charge in [0.25, 0.3) is 0 Å². The van der Waals surface area contributed by atoms with Gasteiger partial charge in [-0.05, 0) is 5.56 Å². The van der Waals surface area contributed by atoms with Gasteiger partial charge >= 0.3 is 0 Å². The molecule has 0 N–H and O–H groups in total. The molecule has 94 valence electrons. The molecule has 0 radical (unpaired) electrons. The topological polar surface area (TPSA) is 44.8 Å². The third-order valence-corrected chi connectivity index (χ3v) is 2.41. The Hall–Kier alpha value is -1.23. The molecule has 0 aromatic heterocycles. The van der Waals surface area contributed by atoms with Gasteiger partial charge in [0.2, 0.25) is 0 Å². The smallest absolute Gasteiger partial charge is 0.159 e. The van der Waals surface area contributed by atoms with Crippen LogP contribution >= 0.6 is 0 Å². The maximum atomic E-state index is 10.9. The van der Waals surface area contributed by atoms with Crippen LogP contribution in [0, 0.1) is 0 Å². The van der Waals surface area contributed by atoms with Gasteiger partial charge in [-0.2, -0.15) is 0 Å². The fourth-order valence-corrected chi connectivity index (χ4v) is 1.42. The van der Waals surface area contributed by atoms with E-state index in [-0.39, 0.29) is 0 Å². The Morgan fingerprint density at radius 1 is 1.18 bits per heavy atom. The van der Waals surface area contributed by atoms with Crippen molar-refractivity contribution in [1.29, 1.82) is 0 Å². The third-order valence-electron chi connectivity index (χ3n) is 2.41. The lowest BCUT2D eigenvalue weighted by molar-refractivity contribution is -0.142. The van der Waals surface area contributed by atoms with Gasteiger partial charge in [-0.15, -0.1) is 0 Å². The van der Waals surface area contributed by atoms with Crippen LogP contribution in [0.5, 0.6) is 0 Å². The van der Waals surface area contributed by atoms with Gasteiger partial charge < -0.3 is 19.0 Å². The van der Waals surface area contributed by atoms with Gasteiger partial charge in [-0.25, -0.2) is 0 Å². The van der Waals surface area contributed by atoms with Gasteiger partial charge in [0.15, 0.2) is 6.29 Å². The Kier molecular flexibility index (Phi) is 6.47. The molecule has 1 atom stereocenters. The Morgan fingerprint density at radius 3 is 2.35 bits per heavy atom. The number of hydrogen-bond donors (Lipinski definition) is 0. The molecule has 0 aliphatic rings. The first-order valence-corrected chi connectivity index (χ1v) is 5.46. The number of methoxy groups -OCH3 is 2. The zero-order valence-electron chi connectivity index (χ0n) is 10.2. The summed E-state index contributed by atoms with van der Waals surface area (Å²) in [7, 11) is 3.07. The SMILES string of the molecule is COC(C[C@H](C=O)OCc1ccccc1)OC. The lowest BCUT2D eigenvalue weighted by Crippen LogP contribution is -2.24. The molecule has 0 saturated heterocycles. The quantitative estimate of drug-likeness (QED) is 0.511. The van der Waals surface area contributed by atoms with E-state index < -0.39 is 12.4 Å². The molecule has 0 aliphatic heterocycles. The van der Waals surface area contributed by atoms with Crippen molar-refractivity contribution in [3.63, 3.8) is 0 Å². The molecule has 1 aromatic rings. The summed E-state index contributed by atoms with van der Waals surface area (Å²) in [5.74, 6) is 0. The number of carbonyl (C=O) groups excluding carboxylic acids is 1. The predicted octanol–water partition coefficient (Wildman–Crippen LogP) is 1.78. The number of carbonyl (C=O) groups is 1. The second-order valence-electron chi connectivity index (χ2n) is 3.61. The fraction of sp³-hybridized carbons (Fsp3) is 0.462. The van der Waals surface area contributed by atoms with E-state index in [9.17, 15) is 4.79 Å². The van der Waals surface area contributed by atoms with Gasteiger partial charge in [-0.3, -0.25) is 0 Å². The summed E-state index contributed by atoms with van der Waals surface area (Å²) in [6.07, 6.45) is 0.234. The Morgan fingerprint density at radius 2 is 1.82 bits per heavy atom. The molecule has 0 unspecified atom stereocenters. The van der Waals surface area contributed by atoms with E-state index in [4.69, 9.17) is 14.2 Å². The van der Waals surface area contributed by atoms with Crippen LogP contribution in [0.15, 0.2) is 30.3 Å². The highest BCUT2D eigenvalue weighted by molar-refractivity contribution is 5.55. The Bertz CT molecular complexity index is 308. The lowest BCUT2D eigenvalue weighted by Gasteiger charge is -2.18. The van der Waals surface area contributed by atoms with Crippen molar-refractivity contribution >= 4 is 6.29 Å². The van der Waals surface area contributed by atoms with Crippen LogP contribution in [-0.2, 0) is 25.6 Å². The molecular formula is C13H18O4. The summed E-state index contributed by atoms with van der Waals surface area (Å²) in [5, 5.41) is 0. The molecule has 0 heterocycles. The summed E-state index contributed by atoms with van der Waals surface area (Å²) < 4.78 is 15.5. The number of ether oxygens (including phenoxy) is 3. The van der Waals surface area contributed by atoms with Crippen LogP contribution in [0.4, 0.5) is 0 Å². The lowest BCUT2D eigenvalue weighted by atomic mass is 10.2. The van der Waals surface area contributed by atoms with Crippen LogP contribution < -0.4 is 0 Å². The van der Waals surface area contributed by atoms with E-state index in [1.54, 1.807) is 0 Å². The molecule has 0 fully saturated rings. The average molecular weight is 238 g/mol. The Labute approximate surface area is 101 Å². The fourth-order valence-electron chi connectivity index (χ4n) is 1.42. The second-order valence-corrected chi connectivity index (χ2v) is 3.61. The second kappa shape index (κ2) is 7.95. The molecule has 4 nitrogen and oxygen atoms in total. The average Bonchev–Trinajstić information content (AvgIpc) is 2.40. The summed E-state index contributed by atoms with van der Waals surface area (Å²) in [6.45, 7) is 0.407. The molecule has 0 aliphatic carbocycles. The van der Waals surface area contributed by atoms with Gasteiger partial charge in [-0.1, -0.05) is 30.3 Å². The first kappa shape index (κ1) is 13.8. The molecule has 0 bridgehead atoms. The van der Waals surface area contributed by atoms with E-state index in [0.29, 0.717) is 13.0 Å². The van der Waals surface area contributed by atoms with Crippen LogP contribution in [0.3, 0.4) is 0 Å². The molecule has 4 heteroatoms. The molecule has 0 spiro atoms. The van der Waals surface area contributed by atoms with Gasteiger partial charge in [0, 0.05) is 20.6 Å². The molecule has 1 rings (SSSR count). The predicted molar refractivity (Wildman–Crippen MR) is 63.5 cm³/mol. The van der Waals surface area contributed by atoms with Gasteiger partial charge in [0.05, 0.1) is 6.61 Å². The molecule has 0 saturated carbocycles. The normalized spacial score (nSPS) is 12.6. The monoisotopic (exact) mass is 238 g/mol. The summed E-state index contributed by atoms with van der Waals surface area (Å²) in [6, 6.07) is 9.70. The van der Waals surface area contributed by atoms with Crippen LogP contribution in [0.25, 0.3) is 0 Å². The maximum absolute atomic E-state index is 10.9. The van der Waals surface area contributed by atoms with Crippen molar-refractivity contribution in [3.8, 4) is 0 Å². The minimum absolute atomic E-state index is 0.392. The highest BCUT2D eigenvalue weighted by Gasteiger charge is 2.15. The van der Waals surface area contributed by atoms with E-state index in [0.717, 1.165) is 11.8 Å². The van der Waals surface area contributed by atoms with E-state index in [1.165, 1.54) is 14.2 Å². The summed E-state index contributed by atoms with van der Waals surface area (Å²) in [5.41, 5.74) is 1.03. The standard InChI is InChI=1S/C13H18O4/c1-15-13(16-2)8-12(9-14)17-10-11-6-4-3-5-7-11/h3-7,9,12-13H,8,10H2,1-2H3/t12-/m1/s1. The molecular weight excluding hydrogens is 220 g/mol. The van der Waals surface area contributed by atoms with Crippen molar-refractivity contribution in [1.82, 2.24) is 0 Å². The minimum atomic E-state index is -0.514. The van der Waals surface area contributed by atoms with Crippen molar-refractivity contribution < 1.29 is 19.0 Å². The number of rotatable bonds is 8. The molecule has 0 amide bonds. The van der Waals surface area contributed by atoms with E-state index in [1.807, 2.05) is 30.3 Å². The summed E-state index contributed by atoms with van der Waals surface area (Å²) >= 11 is 0. The van der Waals surface area contributed by atoms with Crippen LogP contribution in [0.1, 0.15) is 12.0 Å². The molecule has 1 aromatic carbocycles.